The zero-order valence-electron chi connectivity index (χ0n) is 31.7. The van der Waals surface area contributed by atoms with Gasteiger partial charge in [0.1, 0.15) is 42.8 Å². The number of aromatic nitrogens is 3. The molecule has 0 aliphatic carbocycles. The van der Waals surface area contributed by atoms with Gasteiger partial charge in [0.05, 0.1) is 36.6 Å². The van der Waals surface area contributed by atoms with Crippen LogP contribution >= 0.6 is 19.4 Å². The number of nitrogens with zero attached hydrogens (tertiary/aromatic N) is 5. The molecule has 0 amide bonds. The van der Waals surface area contributed by atoms with E-state index in [4.69, 9.17) is 35.9 Å². The van der Waals surface area contributed by atoms with Crippen LogP contribution in [0.15, 0.2) is 36.7 Å². The molecule has 302 valence electrons. The molecule has 1 aliphatic rings. The smallest absolute Gasteiger partial charge is 0.387 e. The van der Waals surface area contributed by atoms with Crippen molar-refractivity contribution in [3.05, 3.63) is 58.5 Å². The second-order valence-corrected chi connectivity index (χ2v) is 16.2. The molecule has 16 heteroatoms. The van der Waals surface area contributed by atoms with E-state index in [2.05, 4.69) is 23.1 Å². The molecule has 5 N–H and O–H groups in total. The molecule has 0 bridgehead atoms. The maximum Gasteiger partial charge on any atom is 0.472 e. The normalized spacial score (nSPS) is 21.3. The van der Waals surface area contributed by atoms with Gasteiger partial charge in [0.25, 0.3) is 0 Å². The summed E-state index contributed by atoms with van der Waals surface area (Å²) in [6.07, 6.45) is 14.8. The first-order valence-electron chi connectivity index (χ1n) is 19.5. The average molecular weight is 803 g/mol. The van der Waals surface area contributed by atoms with Crippen molar-refractivity contribution >= 4 is 30.8 Å². The first kappa shape index (κ1) is 44.6. The Morgan fingerprint density at radius 2 is 1.62 bits per heavy atom. The SMILES string of the molecule is CCCCCCCCCCCCCCCCC[C@H](COP(=O)(O)OC[C@@]1(C#N)O[C@@H](c2ccc3c(N)ncnn23)[C@H](O)[C@@H]1O)OCc1cc(Cl)cc(C#N)c1. The Balaban J connectivity index is 1.26. The maximum absolute atomic E-state index is 13.1. The van der Waals surface area contributed by atoms with E-state index < -0.39 is 44.4 Å². The fourth-order valence-corrected chi connectivity index (χ4v) is 7.88. The minimum atomic E-state index is -4.83. The lowest BCUT2D eigenvalue weighted by Crippen LogP contribution is -2.45. The molecule has 6 atom stereocenters. The quantitative estimate of drug-likeness (QED) is 0.0449. The predicted molar refractivity (Wildman–Crippen MR) is 208 cm³/mol. The molecular formula is C39H56ClN6O8P. The van der Waals surface area contributed by atoms with Crippen LogP contribution in [-0.4, -0.2) is 66.8 Å². The Morgan fingerprint density at radius 3 is 2.24 bits per heavy atom. The summed E-state index contributed by atoms with van der Waals surface area (Å²) in [6, 6.07) is 11.9. The van der Waals surface area contributed by atoms with Crippen LogP contribution in [0.4, 0.5) is 5.82 Å². The highest BCUT2D eigenvalue weighted by Gasteiger charge is 2.57. The number of nitrogen functional groups attached to an aromatic ring is 1. The average Bonchev–Trinajstić information content (AvgIpc) is 3.71. The largest absolute Gasteiger partial charge is 0.472 e. The number of unbranched alkanes of at least 4 members (excludes halogenated alkanes) is 14. The van der Waals surface area contributed by atoms with E-state index in [1.165, 1.54) is 81.5 Å². The van der Waals surface area contributed by atoms with Gasteiger partial charge in [0.2, 0.25) is 5.60 Å². The highest BCUT2D eigenvalue weighted by atomic mass is 35.5. The molecule has 0 spiro atoms. The van der Waals surface area contributed by atoms with Crippen molar-refractivity contribution in [3.63, 3.8) is 0 Å². The number of hydrogen-bond donors (Lipinski definition) is 4. The number of rotatable bonds is 26. The Kier molecular flexibility index (Phi) is 18.3. The van der Waals surface area contributed by atoms with Gasteiger partial charge in [-0.1, -0.05) is 115 Å². The van der Waals surface area contributed by atoms with E-state index in [1.807, 2.05) is 0 Å². The molecule has 4 rings (SSSR count). The van der Waals surface area contributed by atoms with Crippen LogP contribution in [-0.2, 0) is 29.7 Å². The monoisotopic (exact) mass is 802 g/mol. The number of hydrogen-bond acceptors (Lipinski definition) is 12. The number of nitriles is 2. The standard InChI is InChI=1S/C39H56ClN6O8P/c1-2-3-4-5-6-7-8-9-10-11-12-13-14-15-16-17-32(51-24-30-20-29(23-41)21-31(40)22-30)25-52-55(49,50)53-27-39(26-42)37(48)35(47)36(54-39)33-18-19-34-38(43)44-28-45-46(33)34/h18-22,28,32,35-37,47-48H,2-17,24-25,27H2,1H3,(H,49,50)(H2,43,44,45)/t32-,35+,36+,37+,39-/m1/s1. The van der Waals surface area contributed by atoms with Gasteiger partial charge in [-0.25, -0.2) is 14.1 Å². The highest BCUT2D eigenvalue weighted by Crippen LogP contribution is 2.48. The molecule has 1 saturated heterocycles. The molecule has 1 aliphatic heterocycles. The number of nitrogens with two attached hydrogens (primary N) is 1. The Hall–Kier alpha value is -3.14. The molecule has 3 heterocycles. The number of ether oxygens (including phenoxy) is 2. The van der Waals surface area contributed by atoms with Gasteiger partial charge in [-0.05, 0) is 42.3 Å². The molecule has 55 heavy (non-hydrogen) atoms. The lowest BCUT2D eigenvalue weighted by Gasteiger charge is -2.26. The second-order valence-electron chi connectivity index (χ2n) is 14.3. The highest BCUT2D eigenvalue weighted by molar-refractivity contribution is 7.47. The van der Waals surface area contributed by atoms with Crippen molar-refractivity contribution in [2.45, 2.75) is 146 Å². The minimum Gasteiger partial charge on any atom is -0.387 e. The molecule has 0 saturated carbocycles. The molecule has 3 aromatic rings. The fourth-order valence-electron chi connectivity index (χ4n) is 6.84. The van der Waals surface area contributed by atoms with Crippen molar-refractivity contribution < 1.29 is 38.2 Å². The van der Waals surface area contributed by atoms with E-state index in [0.717, 1.165) is 25.7 Å². The number of anilines is 1. The molecule has 1 aromatic carbocycles. The summed E-state index contributed by atoms with van der Waals surface area (Å²) in [7, 11) is -4.83. The number of phosphoric ester groups is 1. The first-order valence-corrected chi connectivity index (χ1v) is 21.4. The van der Waals surface area contributed by atoms with E-state index >= 15 is 0 Å². The van der Waals surface area contributed by atoms with Gasteiger partial charge in [-0.15, -0.1) is 0 Å². The van der Waals surface area contributed by atoms with Gasteiger partial charge in [0, 0.05) is 5.02 Å². The summed E-state index contributed by atoms with van der Waals surface area (Å²) in [5.41, 5.74) is 5.43. The van der Waals surface area contributed by atoms with Crippen molar-refractivity contribution in [1.82, 2.24) is 14.6 Å². The number of aliphatic hydroxyl groups excluding tert-OH is 2. The number of aliphatic hydroxyl groups is 2. The summed E-state index contributed by atoms with van der Waals surface area (Å²) in [4.78, 5) is 14.6. The Labute approximate surface area is 329 Å². The lowest BCUT2D eigenvalue weighted by molar-refractivity contribution is -0.0763. The van der Waals surface area contributed by atoms with Crippen molar-refractivity contribution in [1.29, 1.82) is 10.5 Å². The molecule has 14 nitrogen and oxygen atoms in total. The van der Waals surface area contributed by atoms with E-state index in [1.54, 1.807) is 36.4 Å². The maximum atomic E-state index is 13.1. The summed E-state index contributed by atoms with van der Waals surface area (Å²) >= 11 is 6.18. The third-order valence-electron chi connectivity index (χ3n) is 10.0. The second kappa shape index (κ2) is 22.6. The molecule has 1 fully saturated rings. The van der Waals surface area contributed by atoms with Crippen molar-refractivity contribution in [3.8, 4) is 12.1 Å². The van der Waals surface area contributed by atoms with Gasteiger partial charge in [-0.2, -0.15) is 15.6 Å². The van der Waals surface area contributed by atoms with Gasteiger partial charge in [0.15, 0.2) is 5.82 Å². The zero-order valence-corrected chi connectivity index (χ0v) is 33.4. The Bertz CT molecular complexity index is 1770. The van der Waals surface area contributed by atoms with Gasteiger partial charge in [-0.3, -0.25) is 9.05 Å². The summed E-state index contributed by atoms with van der Waals surface area (Å²) in [6.45, 7) is 1.12. The van der Waals surface area contributed by atoms with Crippen LogP contribution in [0.5, 0.6) is 0 Å². The van der Waals surface area contributed by atoms with E-state index in [0.29, 0.717) is 28.1 Å². The Morgan fingerprint density at radius 1 is 0.982 bits per heavy atom. The van der Waals surface area contributed by atoms with Crippen molar-refractivity contribution in [2.24, 2.45) is 0 Å². The summed E-state index contributed by atoms with van der Waals surface area (Å²) < 4.78 is 37.0. The lowest BCUT2D eigenvalue weighted by atomic mass is 9.96. The van der Waals surface area contributed by atoms with Crippen molar-refractivity contribution in [2.75, 3.05) is 18.9 Å². The van der Waals surface area contributed by atoms with E-state index in [-0.39, 0.29) is 24.7 Å². The predicted octanol–water partition coefficient (Wildman–Crippen LogP) is 7.87. The van der Waals surface area contributed by atoms with Crippen LogP contribution in [0.1, 0.15) is 133 Å². The summed E-state index contributed by atoms with van der Waals surface area (Å²) in [5, 5.41) is 45.7. The molecular weight excluding hydrogens is 747 g/mol. The molecule has 1 unspecified atom stereocenters. The molecule has 0 radical (unpaired) electrons. The van der Waals surface area contributed by atoms with E-state index in [9.17, 15) is 30.2 Å². The van der Waals surface area contributed by atoms with Crippen LogP contribution in [0.3, 0.4) is 0 Å². The fraction of sp³-hybridized carbons (Fsp3) is 0.641. The number of halogens is 1. The number of benzene rings is 1. The summed E-state index contributed by atoms with van der Waals surface area (Å²) in [5.74, 6) is 0.170. The zero-order chi connectivity index (χ0) is 39.7. The van der Waals surface area contributed by atoms with Crippen LogP contribution < -0.4 is 5.73 Å². The van der Waals surface area contributed by atoms with Gasteiger partial charge >= 0.3 is 7.82 Å². The first-order chi connectivity index (χ1) is 26.5. The minimum absolute atomic E-state index is 0.0838. The van der Waals surface area contributed by atoms with Crippen LogP contribution in [0.25, 0.3) is 5.52 Å². The van der Waals surface area contributed by atoms with Crippen LogP contribution in [0.2, 0.25) is 5.02 Å². The number of phosphoric acid groups is 1. The number of fused-ring (bicyclic) bond motifs is 1. The molecule has 2 aromatic heterocycles. The van der Waals surface area contributed by atoms with Crippen LogP contribution in [0, 0.1) is 22.7 Å². The third kappa shape index (κ3) is 13.5. The van der Waals surface area contributed by atoms with Gasteiger partial charge < -0.3 is 30.3 Å². The third-order valence-corrected chi connectivity index (χ3v) is 11.2. The topological polar surface area (TPSA) is 218 Å².